The Labute approximate surface area is 150 Å². The minimum Gasteiger partial charge on any atom is -0.497 e. The largest absolute Gasteiger partial charge is 0.497 e. The topological polar surface area (TPSA) is 60.0 Å². The molecular formula is C16H15BClNO4S. The molecule has 0 unspecified atom stereocenters. The lowest BCUT2D eigenvalue weighted by molar-refractivity contribution is 0.275. The second kappa shape index (κ2) is 7.40. The van der Waals surface area contributed by atoms with E-state index in [-0.39, 0.29) is 5.17 Å². The van der Waals surface area contributed by atoms with Crippen LogP contribution >= 0.6 is 23.8 Å². The van der Waals surface area contributed by atoms with Gasteiger partial charge in [0.1, 0.15) is 12.4 Å². The fourth-order valence-corrected chi connectivity index (χ4v) is 2.93. The zero-order valence-electron chi connectivity index (χ0n) is 12.9. The van der Waals surface area contributed by atoms with Crippen molar-refractivity contribution in [2.24, 2.45) is 0 Å². The van der Waals surface area contributed by atoms with Crippen molar-refractivity contribution < 1.29 is 19.2 Å². The van der Waals surface area contributed by atoms with Crippen molar-refractivity contribution in [2.75, 3.05) is 12.4 Å². The second-order valence-corrected chi connectivity index (χ2v) is 5.96. The van der Waals surface area contributed by atoms with Crippen LogP contribution in [0, 0.1) is 0 Å². The molecule has 1 aliphatic rings. The third-order valence-electron chi connectivity index (χ3n) is 3.65. The minimum atomic E-state index is -1.01. The van der Waals surface area contributed by atoms with E-state index in [1.54, 1.807) is 13.2 Å². The fourth-order valence-electron chi connectivity index (χ4n) is 2.43. The van der Waals surface area contributed by atoms with Crippen LogP contribution in [-0.4, -0.2) is 24.4 Å². The number of nitrogens with one attached hydrogen (secondary N) is 1. The lowest BCUT2D eigenvalue weighted by atomic mass is 9.79. The molecule has 0 bridgehead atoms. The van der Waals surface area contributed by atoms with Gasteiger partial charge in [-0.25, -0.2) is 0 Å². The highest BCUT2D eigenvalue weighted by molar-refractivity contribution is 7.80. The standard InChI is InChI=1S/C16H15BClNO4S/c1-21-12-4-2-3-10(7-12)8-22-16(24)19-13-6-5-11-9-23-17(20)14(11)15(13)18/h2-7,20H,8-9H2,1H3,(H,19,24). The van der Waals surface area contributed by atoms with E-state index in [2.05, 4.69) is 5.32 Å². The molecule has 0 saturated carbocycles. The molecule has 0 radical (unpaired) electrons. The zero-order valence-corrected chi connectivity index (χ0v) is 14.5. The predicted molar refractivity (Wildman–Crippen MR) is 97.9 cm³/mol. The summed E-state index contributed by atoms with van der Waals surface area (Å²) in [5, 5.41) is 13.3. The average Bonchev–Trinajstić information content (AvgIpc) is 2.97. The maximum Gasteiger partial charge on any atom is 0.493 e. The maximum absolute atomic E-state index is 9.81. The average molecular weight is 364 g/mol. The molecule has 2 aromatic carbocycles. The summed E-state index contributed by atoms with van der Waals surface area (Å²) in [6, 6.07) is 11.2. The molecule has 0 amide bonds. The number of methoxy groups -OCH3 is 1. The van der Waals surface area contributed by atoms with E-state index in [1.165, 1.54) is 0 Å². The Hall–Kier alpha value is -1.80. The van der Waals surface area contributed by atoms with Crippen LogP contribution in [0.5, 0.6) is 5.75 Å². The van der Waals surface area contributed by atoms with Gasteiger partial charge in [-0.3, -0.25) is 0 Å². The fraction of sp³-hybridized carbons (Fsp3) is 0.188. The Kier molecular flexibility index (Phi) is 5.25. The van der Waals surface area contributed by atoms with E-state index in [0.29, 0.717) is 29.4 Å². The van der Waals surface area contributed by atoms with Gasteiger partial charge in [-0.15, -0.1) is 0 Å². The van der Waals surface area contributed by atoms with Crippen LogP contribution in [-0.2, 0) is 22.6 Å². The molecule has 0 spiro atoms. The molecule has 0 saturated heterocycles. The molecule has 2 N–H and O–H groups in total. The van der Waals surface area contributed by atoms with Crippen molar-refractivity contribution in [3.63, 3.8) is 0 Å². The number of fused-ring (bicyclic) bond motifs is 1. The first kappa shape index (κ1) is 17.0. The van der Waals surface area contributed by atoms with Gasteiger partial charge in [0.2, 0.25) is 0 Å². The minimum absolute atomic E-state index is 0.188. The first-order chi connectivity index (χ1) is 11.6. The summed E-state index contributed by atoms with van der Waals surface area (Å²) in [7, 11) is 0.598. The third-order valence-corrected chi connectivity index (χ3v) is 4.28. The van der Waals surface area contributed by atoms with Gasteiger partial charge in [-0.05, 0) is 41.5 Å². The van der Waals surface area contributed by atoms with E-state index >= 15 is 0 Å². The van der Waals surface area contributed by atoms with Gasteiger partial charge in [0.25, 0.3) is 5.17 Å². The van der Waals surface area contributed by atoms with Crippen molar-refractivity contribution in [1.29, 1.82) is 0 Å². The van der Waals surface area contributed by atoms with Crippen LogP contribution < -0.4 is 15.5 Å². The number of anilines is 1. The smallest absolute Gasteiger partial charge is 0.493 e. The molecule has 0 aromatic heterocycles. The van der Waals surface area contributed by atoms with Gasteiger partial charge < -0.3 is 24.5 Å². The Bertz CT molecular complexity index is 774. The van der Waals surface area contributed by atoms with Crippen LogP contribution in [0.2, 0.25) is 5.02 Å². The van der Waals surface area contributed by atoms with Crippen LogP contribution in [0.4, 0.5) is 5.69 Å². The highest BCUT2D eigenvalue weighted by Gasteiger charge is 2.31. The van der Waals surface area contributed by atoms with Crippen LogP contribution in [0.25, 0.3) is 0 Å². The summed E-state index contributed by atoms with van der Waals surface area (Å²) in [6.45, 7) is 0.643. The maximum atomic E-state index is 9.81. The molecule has 0 aliphatic carbocycles. The summed E-state index contributed by atoms with van der Waals surface area (Å²) in [5.41, 5.74) is 2.93. The molecule has 3 rings (SSSR count). The van der Waals surface area contributed by atoms with Gasteiger partial charge in [0.15, 0.2) is 0 Å². The highest BCUT2D eigenvalue weighted by Crippen LogP contribution is 2.25. The van der Waals surface area contributed by atoms with E-state index in [0.717, 1.165) is 16.9 Å². The summed E-state index contributed by atoms with van der Waals surface area (Å²) in [5.74, 6) is 0.755. The molecular weight excluding hydrogens is 349 g/mol. The molecule has 0 fully saturated rings. The SMILES string of the molecule is COc1cccc(COC(=S)Nc2ccc3c(c2Cl)B(O)OC3)c1. The van der Waals surface area contributed by atoms with Crippen molar-refractivity contribution in [2.45, 2.75) is 13.2 Å². The summed E-state index contributed by atoms with van der Waals surface area (Å²) < 4.78 is 15.9. The Morgan fingerprint density at radius 2 is 2.25 bits per heavy atom. The molecule has 1 heterocycles. The number of rotatable bonds is 4. The Balaban J connectivity index is 1.64. The zero-order chi connectivity index (χ0) is 17.1. The molecule has 124 valence electrons. The van der Waals surface area contributed by atoms with Crippen molar-refractivity contribution in [1.82, 2.24) is 0 Å². The van der Waals surface area contributed by atoms with Gasteiger partial charge >= 0.3 is 7.12 Å². The number of halogens is 1. The van der Waals surface area contributed by atoms with E-state index in [4.69, 9.17) is 37.9 Å². The quantitative estimate of drug-likeness (QED) is 0.643. The van der Waals surface area contributed by atoms with Gasteiger partial charge in [-0.2, -0.15) is 0 Å². The van der Waals surface area contributed by atoms with E-state index in [9.17, 15) is 5.02 Å². The van der Waals surface area contributed by atoms with Crippen LogP contribution in [0.15, 0.2) is 36.4 Å². The number of hydrogen-bond donors (Lipinski definition) is 2. The van der Waals surface area contributed by atoms with E-state index < -0.39 is 7.12 Å². The van der Waals surface area contributed by atoms with Crippen molar-refractivity contribution >= 4 is 47.3 Å². The number of hydrogen-bond acceptors (Lipinski definition) is 5. The molecule has 0 atom stereocenters. The normalized spacial score (nSPS) is 12.7. The van der Waals surface area contributed by atoms with E-state index in [1.807, 2.05) is 30.3 Å². The lowest BCUT2D eigenvalue weighted by Gasteiger charge is -2.13. The number of thiocarbonyl (C=S) groups is 1. The van der Waals surface area contributed by atoms with Crippen LogP contribution in [0.3, 0.4) is 0 Å². The summed E-state index contributed by atoms with van der Waals surface area (Å²) in [4.78, 5) is 0. The Morgan fingerprint density at radius 3 is 3.04 bits per heavy atom. The first-order valence-electron chi connectivity index (χ1n) is 7.26. The van der Waals surface area contributed by atoms with Crippen molar-refractivity contribution in [3.05, 3.63) is 52.5 Å². The molecule has 8 heteroatoms. The highest BCUT2D eigenvalue weighted by atomic mass is 35.5. The summed E-state index contributed by atoms with van der Waals surface area (Å²) in [6.07, 6.45) is 0. The van der Waals surface area contributed by atoms with Gasteiger partial charge in [-0.1, -0.05) is 29.8 Å². The monoisotopic (exact) mass is 363 g/mol. The Morgan fingerprint density at radius 1 is 1.42 bits per heavy atom. The molecule has 5 nitrogen and oxygen atoms in total. The first-order valence-corrected chi connectivity index (χ1v) is 8.04. The molecule has 2 aromatic rings. The molecule has 1 aliphatic heterocycles. The van der Waals surface area contributed by atoms with Crippen molar-refractivity contribution in [3.8, 4) is 5.75 Å². The third kappa shape index (κ3) is 3.65. The van der Waals surface area contributed by atoms with Crippen LogP contribution in [0.1, 0.15) is 11.1 Å². The number of benzene rings is 2. The second-order valence-electron chi connectivity index (χ2n) is 5.22. The summed E-state index contributed by atoms with van der Waals surface area (Å²) >= 11 is 11.5. The molecule has 24 heavy (non-hydrogen) atoms. The van der Waals surface area contributed by atoms with Gasteiger partial charge in [0.05, 0.1) is 24.4 Å². The lowest BCUT2D eigenvalue weighted by Crippen LogP contribution is -2.30. The predicted octanol–water partition coefficient (Wildman–Crippen LogP) is 2.48. The number of ether oxygens (including phenoxy) is 2. The van der Waals surface area contributed by atoms with Gasteiger partial charge in [0, 0.05) is 5.46 Å².